The molecule has 1 heterocycles. The van der Waals surface area contributed by atoms with Crippen LogP contribution in [0.3, 0.4) is 0 Å². The summed E-state index contributed by atoms with van der Waals surface area (Å²) in [5.74, 6) is 0. The van der Waals surface area contributed by atoms with Crippen LogP contribution in [-0.4, -0.2) is 5.08 Å². The first-order valence-electron chi connectivity index (χ1n) is 3.57. The zero-order valence-corrected chi connectivity index (χ0v) is 8.68. The third-order valence-electron chi connectivity index (χ3n) is 1.60. The average molecular weight is 215 g/mol. The smallest absolute Gasteiger partial charge is 0.0481 e. The molecular weight excluding hydrogens is 208 g/mol. The van der Waals surface area contributed by atoms with E-state index in [-0.39, 0.29) is 0 Å². The maximum Gasteiger partial charge on any atom is 0.0481 e. The fourth-order valence-corrected chi connectivity index (χ4v) is 3.25. The number of halogens is 1. The van der Waals surface area contributed by atoms with Crippen LogP contribution >= 0.6 is 35.1 Å². The third-order valence-corrected chi connectivity index (χ3v) is 4.09. The van der Waals surface area contributed by atoms with Crippen LogP contribution in [0.4, 0.5) is 0 Å². The van der Waals surface area contributed by atoms with E-state index in [0.29, 0.717) is 0 Å². The van der Waals surface area contributed by atoms with Crippen molar-refractivity contribution in [3.63, 3.8) is 0 Å². The summed E-state index contributed by atoms with van der Waals surface area (Å²) in [7, 11) is 0. The highest BCUT2D eigenvalue weighted by Gasteiger charge is 2.07. The van der Waals surface area contributed by atoms with Crippen molar-refractivity contribution in [1.29, 1.82) is 0 Å². The van der Waals surface area contributed by atoms with Gasteiger partial charge in [-0.3, -0.25) is 0 Å². The van der Waals surface area contributed by atoms with Crippen LogP contribution in [0.1, 0.15) is 5.56 Å². The minimum Gasteiger partial charge on any atom is -0.122 e. The Bertz CT molecular complexity index is 303. The Balaban J connectivity index is 2.28. The van der Waals surface area contributed by atoms with Crippen molar-refractivity contribution in [2.24, 2.45) is 0 Å². The zero-order valence-electron chi connectivity index (χ0n) is 6.29. The highest BCUT2D eigenvalue weighted by molar-refractivity contribution is 8.25. The van der Waals surface area contributed by atoms with E-state index in [4.69, 9.17) is 11.6 Å². The van der Waals surface area contributed by atoms with Crippen molar-refractivity contribution < 1.29 is 0 Å². The third kappa shape index (κ3) is 1.82. The van der Waals surface area contributed by atoms with E-state index < -0.39 is 0 Å². The molecule has 0 atom stereocenters. The maximum atomic E-state index is 5.79. The summed E-state index contributed by atoms with van der Waals surface area (Å²) in [6.45, 7) is 0. The molecule has 0 aromatic heterocycles. The fourth-order valence-electron chi connectivity index (χ4n) is 1.01. The number of hydrogen-bond acceptors (Lipinski definition) is 2. The lowest BCUT2D eigenvalue weighted by Crippen LogP contribution is -1.75. The van der Waals surface area contributed by atoms with Crippen molar-refractivity contribution >= 4 is 40.0 Å². The Hall–Kier alpha value is -0.0500. The second-order valence-corrected chi connectivity index (χ2v) is 5.09. The first-order valence-corrected chi connectivity index (χ1v) is 5.98. The van der Waals surface area contributed by atoms with Crippen LogP contribution in [-0.2, 0) is 0 Å². The molecule has 1 aromatic rings. The second kappa shape index (κ2) is 3.77. The Morgan fingerprint density at radius 2 is 1.92 bits per heavy atom. The molecule has 1 aliphatic rings. The minimum absolute atomic E-state index is 0.801. The van der Waals surface area contributed by atoms with Gasteiger partial charge in [-0.2, -0.15) is 0 Å². The Labute approximate surface area is 85.4 Å². The molecule has 0 saturated carbocycles. The van der Waals surface area contributed by atoms with Gasteiger partial charge in [-0.1, -0.05) is 23.7 Å². The van der Waals surface area contributed by atoms with Gasteiger partial charge in [0.1, 0.15) is 0 Å². The summed E-state index contributed by atoms with van der Waals surface area (Å²) in [6, 6.07) is 7.99. The molecule has 0 amide bonds. The Morgan fingerprint density at radius 3 is 2.50 bits per heavy atom. The molecular formula is C9H7ClS2. The van der Waals surface area contributed by atoms with Gasteiger partial charge in [-0.15, -0.1) is 23.5 Å². The second-order valence-electron chi connectivity index (χ2n) is 2.42. The molecule has 0 radical (unpaired) electrons. The van der Waals surface area contributed by atoms with Crippen LogP contribution in [0.15, 0.2) is 29.7 Å². The first-order chi connectivity index (χ1) is 5.86. The van der Waals surface area contributed by atoms with E-state index in [1.807, 2.05) is 35.7 Å². The fraction of sp³-hybridized carbons (Fsp3) is 0.111. The standard InChI is InChI=1S/C9H7ClS2/c10-8-3-1-7(2-4-8)9-5-11-6-12-9/h1-5H,6H2. The largest absolute Gasteiger partial charge is 0.122 e. The minimum atomic E-state index is 0.801. The van der Waals surface area contributed by atoms with Crippen LogP contribution in [0.5, 0.6) is 0 Å². The predicted octanol–water partition coefficient (Wildman–Crippen LogP) is 4.08. The van der Waals surface area contributed by atoms with Gasteiger partial charge in [0.2, 0.25) is 0 Å². The van der Waals surface area contributed by atoms with Crippen molar-refractivity contribution in [3.05, 3.63) is 40.3 Å². The molecule has 0 N–H and O–H groups in total. The molecule has 3 heteroatoms. The molecule has 62 valence electrons. The highest BCUT2D eigenvalue weighted by atomic mass is 35.5. The number of thioether (sulfide) groups is 2. The van der Waals surface area contributed by atoms with Gasteiger partial charge >= 0.3 is 0 Å². The van der Waals surface area contributed by atoms with Gasteiger partial charge in [0.25, 0.3) is 0 Å². The van der Waals surface area contributed by atoms with Gasteiger partial charge in [0.05, 0.1) is 0 Å². The molecule has 0 bridgehead atoms. The maximum absolute atomic E-state index is 5.79. The zero-order chi connectivity index (χ0) is 8.39. The molecule has 12 heavy (non-hydrogen) atoms. The van der Waals surface area contributed by atoms with E-state index in [0.717, 1.165) is 10.1 Å². The lowest BCUT2D eigenvalue weighted by molar-refractivity contribution is 1.65. The number of rotatable bonds is 1. The summed E-state index contributed by atoms with van der Waals surface area (Å²) in [5.41, 5.74) is 1.27. The topological polar surface area (TPSA) is 0 Å². The molecule has 1 aromatic carbocycles. The van der Waals surface area contributed by atoms with Crippen molar-refractivity contribution in [3.8, 4) is 0 Å². The molecule has 0 unspecified atom stereocenters. The predicted molar refractivity (Wildman–Crippen MR) is 59.5 cm³/mol. The monoisotopic (exact) mass is 214 g/mol. The summed E-state index contributed by atoms with van der Waals surface area (Å²) < 4.78 is 0. The van der Waals surface area contributed by atoms with Crippen LogP contribution in [0.25, 0.3) is 4.91 Å². The normalized spacial score (nSPS) is 16.2. The Kier molecular flexibility index (Phi) is 2.69. The first kappa shape index (κ1) is 8.54. The molecule has 0 spiro atoms. The van der Waals surface area contributed by atoms with Crippen molar-refractivity contribution in [1.82, 2.24) is 0 Å². The number of hydrogen-bond donors (Lipinski definition) is 0. The van der Waals surface area contributed by atoms with Gasteiger partial charge in [-0.25, -0.2) is 0 Å². The van der Waals surface area contributed by atoms with Crippen LogP contribution in [0.2, 0.25) is 5.02 Å². The molecule has 0 nitrogen and oxygen atoms in total. The van der Waals surface area contributed by atoms with E-state index in [2.05, 4.69) is 17.5 Å². The summed E-state index contributed by atoms with van der Waals surface area (Å²) in [4.78, 5) is 1.36. The molecule has 1 aliphatic heterocycles. The lowest BCUT2D eigenvalue weighted by atomic mass is 10.2. The van der Waals surface area contributed by atoms with Gasteiger partial charge in [-0.05, 0) is 23.1 Å². The summed E-state index contributed by atoms with van der Waals surface area (Å²) in [6.07, 6.45) is 0. The van der Waals surface area contributed by atoms with Crippen molar-refractivity contribution in [2.75, 3.05) is 5.08 Å². The van der Waals surface area contributed by atoms with Gasteiger partial charge < -0.3 is 0 Å². The van der Waals surface area contributed by atoms with E-state index >= 15 is 0 Å². The van der Waals surface area contributed by atoms with Gasteiger partial charge in [0, 0.05) is 15.0 Å². The van der Waals surface area contributed by atoms with Crippen LogP contribution in [0, 0.1) is 0 Å². The molecule has 0 aliphatic carbocycles. The quantitative estimate of drug-likeness (QED) is 0.691. The van der Waals surface area contributed by atoms with E-state index in [9.17, 15) is 0 Å². The highest BCUT2D eigenvalue weighted by Crippen LogP contribution is 2.39. The van der Waals surface area contributed by atoms with E-state index in [1.54, 1.807) is 0 Å². The average Bonchev–Trinajstić information content (AvgIpc) is 2.58. The van der Waals surface area contributed by atoms with Crippen molar-refractivity contribution in [2.45, 2.75) is 0 Å². The summed E-state index contributed by atoms with van der Waals surface area (Å²) >= 11 is 9.52. The molecule has 0 fully saturated rings. The molecule has 2 rings (SSSR count). The van der Waals surface area contributed by atoms with E-state index in [1.165, 1.54) is 10.5 Å². The lowest BCUT2D eigenvalue weighted by Gasteiger charge is -1.99. The Morgan fingerprint density at radius 1 is 1.17 bits per heavy atom. The van der Waals surface area contributed by atoms with Gasteiger partial charge in [0.15, 0.2) is 0 Å². The SMILES string of the molecule is Clc1ccc(C2=CSCS2)cc1. The van der Waals surface area contributed by atoms with Crippen LogP contribution < -0.4 is 0 Å². The molecule has 0 saturated heterocycles. The number of benzene rings is 1. The summed E-state index contributed by atoms with van der Waals surface area (Å²) in [5, 5.41) is 4.14.